The van der Waals surface area contributed by atoms with E-state index in [1.807, 2.05) is 6.07 Å². The van der Waals surface area contributed by atoms with E-state index in [4.69, 9.17) is 9.15 Å². The van der Waals surface area contributed by atoms with E-state index in [0.717, 1.165) is 11.4 Å². The Kier molecular flexibility index (Phi) is 4.79. The van der Waals surface area contributed by atoms with Gasteiger partial charge in [0.15, 0.2) is 0 Å². The van der Waals surface area contributed by atoms with Crippen LogP contribution in [-0.4, -0.2) is 15.0 Å². The number of oxazole rings is 1. The average Bonchev–Trinajstić information content (AvgIpc) is 3.29. The fraction of sp³-hybridized carbons (Fsp3) is 0.240. The zero-order valence-corrected chi connectivity index (χ0v) is 16.9. The van der Waals surface area contributed by atoms with Gasteiger partial charge in [-0.05, 0) is 49.1 Å². The number of hydrogen-bond donors (Lipinski definition) is 0. The van der Waals surface area contributed by atoms with Crippen LogP contribution in [0.5, 0.6) is 5.75 Å². The quantitative estimate of drug-likeness (QED) is 0.431. The Morgan fingerprint density at radius 1 is 0.900 bits per heavy atom. The zero-order valence-electron chi connectivity index (χ0n) is 16.9. The minimum Gasteiger partial charge on any atom is -0.487 e. The molecule has 0 N–H and O–H groups in total. The van der Waals surface area contributed by atoms with Crippen LogP contribution in [0.25, 0.3) is 11.7 Å². The molecule has 0 saturated heterocycles. The van der Waals surface area contributed by atoms with Crippen molar-refractivity contribution in [3.8, 4) is 17.5 Å². The first-order chi connectivity index (χ1) is 14.7. The topological polar surface area (TPSA) is 61.0 Å². The summed E-state index contributed by atoms with van der Waals surface area (Å²) in [5.74, 6) is 1.69. The smallest absolute Gasteiger partial charge is 0.264 e. The standard InChI is InChI=1S/C25H23N3O2/c1-18-3-5-19(6-4-18)25(12-2-13-25)20-7-9-22(10-8-20)30-17-21-11-14-26-23(28-21)24-27-15-16-29-24/h3-11,14-16H,2,12-13,17H2,1H3. The molecule has 1 aliphatic rings. The zero-order chi connectivity index (χ0) is 20.4. The number of hydrogen-bond acceptors (Lipinski definition) is 5. The highest BCUT2D eigenvalue weighted by Crippen LogP contribution is 2.49. The number of benzene rings is 2. The fourth-order valence-corrected chi connectivity index (χ4v) is 4.09. The summed E-state index contributed by atoms with van der Waals surface area (Å²) in [5.41, 5.74) is 4.99. The predicted molar refractivity (Wildman–Crippen MR) is 114 cm³/mol. The molecule has 1 saturated carbocycles. The number of aryl methyl sites for hydroxylation is 1. The molecule has 4 aromatic rings. The van der Waals surface area contributed by atoms with Crippen molar-refractivity contribution in [1.29, 1.82) is 0 Å². The minimum absolute atomic E-state index is 0.143. The molecule has 0 radical (unpaired) electrons. The molecule has 5 rings (SSSR count). The second-order valence-electron chi connectivity index (χ2n) is 7.82. The molecular weight excluding hydrogens is 374 g/mol. The molecule has 0 unspecified atom stereocenters. The lowest BCUT2D eigenvalue weighted by Crippen LogP contribution is -2.35. The van der Waals surface area contributed by atoms with Gasteiger partial charge in [0.2, 0.25) is 5.82 Å². The Labute approximate surface area is 175 Å². The Morgan fingerprint density at radius 3 is 2.27 bits per heavy atom. The molecule has 2 aromatic carbocycles. The Bertz CT molecular complexity index is 1120. The van der Waals surface area contributed by atoms with Crippen molar-refractivity contribution in [2.75, 3.05) is 0 Å². The van der Waals surface area contributed by atoms with E-state index in [9.17, 15) is 0 Å². The Morgan fingerprint density at radius 2 is 1.63 bits per heavy atom. The summed E-state index contributed by atoms with van der Waals surface area (Å²) in [4.78, 5) is 12.8. The van der Waals surface area contributed by atoms with Crippen molar-refractivity contribution in [3.63, 3.8) is 0 Å². The summed E-state index contributed by atoms with van der Waals surface area (Å²) in [5, 5.41) is 0. The van der Waals surface area contributed by atoms with E-state index in [0.29, 0.717) is 18.3 Å². The van der Waals surface area contributed by atoms with Crippen molar-refractivity contribution in [2.24, 2.45) is 0 Å². The molecule has 0 spiro atoms. The van der Waals surface area contributed by atoms with E-state index >= 15 is 0 Å². The largest absolute Gasteiger partial charge is 0.487 e. The van der Waals surface area contributed by atoms with E-state index in [2.05, 4.69) is 70.4 Å². The molecule has 30 heavy (non-hydrogen) atoms. The van der Waals surface area contributed by atoms with E-state index in [1.54, 1.807) is 12.4 Å². The molecule has 0 amide bonds. The van der Waals surface area contributed by atoms with E-state index < -0.39 is 0 Å². The lowest BCUT2D eigenvalue weighted by atomic mass is 9.60. The van der Waals surface area contributed by atoms with Gasteiger partial charge in [-0.25, -0.2) is 15.0 Å². The third-order valence-corrected chi connectivity index (χ3v) is 5.94. The number of rotatable bonds is 6. The van der Waals surface area contributed by atoms with Crippen LogP contribution in [0.3, 0.4) is 0 Å². The lowest BCUT2D eigenvalue weighted by Gasteiger charge is -2.43. The lowest BCUT2D eigenvalue weighted by molar-refractivity contribution is 0.294. The highest BCUT2D eigenvalue weighted by molar-refractivity contribution is 5.44. The molecule has 5 heteroatoms. The molecule has 1 aliphatic carbocycles. The molecule has 1 fully saturated rings. The van der Waals surface area contributed by atoms with Crippen molar-refractivity contribution >= 4 is 0 Å². The molecule has 150 valence electrons. The molecule has 5 nitrogen and oxygen atoms in total. The summed E-state index contributed by atoms with van der Waals surface area (Å²) in [6.45, 7) is 2.49. The summed E-state index contributed by atoms with van der Waals surface area (Å²) in [7, 11) is 0. The Balaban J connectivity index is 1.30. The van der Waals surface area contributed by atoms with Gasteiger partial charge in [-0.15, -0.1) is 0 Å². The second-order valence-corrected chi connectivity index (χ2v) is 7.82. The average molecular weight is 397 g/mol. The van der Waals surface area contributed by atoms with Crippen LogP contribution in [-0.2, 0) is 12.0 Å². The van der Waals surface area contributed by atoms with Crippen molar-refractivity contribution in [3.05, 3.63) is 95.6 Å². The van der Waals surface area contributed by atoms with Crippen LogP contribution in [0.1, 0.15) is 41.6 Å². The maximum Gasteiger partial charge on any atom is 0.264 e. The van der Waals surface area contributed by atoms with E-state index in [-0.39, 0.29) is 5.41 Å². The first kappa shape index (κ1) is 18.6. The SMILES string of the molecule is Cc1ccc(C2(c3ccc(OCc4ccnc(-c5ncco5)n4)cc3)CCC2)cc1. The van der Waals surface area contributed by atoms with Gasteiger partial charge in [0, 0.05) is 11.6 Å². The van der Waals surface area contributed by atoms with Crippen molar-refractivity contribution in [1.82, 2.24) is 15.0 Å². The maximum atomic E-state index is 5.96. The monoisotopic (exact) mass is 397 g/mol. The predicted octanol–water partition coefficient (Wildman–Crippen LogP) is 5.49. The fourth-order valence-electron chi connectivity index (χ4n) is 4.09. The molecule has 0 aliphatic heterocycles. The summed E-state index contributed by atoms with van der Waals surface area (Å²) < 4.78 is 11.2. The molecule has 0 atom stereocenters. The van der Waals surface area contributed by atoms with Crippen LogP contribution in [0.4, 0.5) is 0 Å². The summed E-state index contributed by atoms with van der Waals surface area (Å²) in [6, 6.07) is 19.3. The molecule has 2 aromatic heterocycles. The minimum atomic E-state index is 0.143. The molecular formula is C25H23N3O2. The van der Waals surface area contributed by atoms with Crippen LogP contribution >= 0.6 is 0 Å². The van der Waals surface area contributed by atoms with Crippen LogP contribution in [0, 0.1) is 6.92 Å². The molecule has 0 bridgehead atoms. The van der Waals surface area contributed by atoms with Crippen LogP contribution in [0.2, 0.25) is 0 Å². The number of aromatic nitrogens is 3. The highest BCUT2D eigenvalue weighted by atomic mass is 16.5. The van der Waals surface area contributed by atoms with Gasteiger partial charge in [-0.2, -0.15) is 0 Å². The van der Waals surface area contributed by atoms with Gasteiger partial charge < -0.3 is 9.15 Å². The van der Waals surface area contributed by atoms with Crippen LogP contribution < -0.4 is 4.74 Å². The third kappa shape index (κ3) is 3.47. The Hall–Kier alpha value is -3.47. The summed E-state index contributed by atoms with van der Waals surface area (Å²) >= 11 is 0. The summed E-state index contributed by atoms with van der Waals surface area (Å²) in [6.07, 6.45) is 8.44. The maximum absolute atomic E-state index is 5.96. The van der Waals surface area contributed by atoms with Crippen LogP contribution in [0.15, 0.2) is 77.7 Å². The highest BCUT2D eigenvalue weighted by Gasteiger charge is 2.40. The van der Waals surface area contributed by atoms with Gasteiger partial charge in [0.25, 0.3) is 5.89 Å². The number of nitrogens with zero attached hydrogens (tertiary/aromatic N) is 3. The van der Waals surface area contributed by atoms with Gasteiger partial charge in [0.1, 0.15) is 18.6 Å². The third-order valence-electron chi connectivity index (χ3n) is 5.94. The number of ether oxygens (including phenoxy) is 1. The van der Waals surface area contributed by atoms with Gasteiger partial charge in [-0.1, -0.05) is 48.4 Å². The van der Waals surface area contributed by atoms with Crippen molar-refractivity contribution in [2.45, 2.75) is 38.2 Å². The van der Waals surface area contributed by atoms with Gasteiger partial charge >= 0.3 is 0 Å². The normalized spacial score (nSPS) is 14.8. The first-order valence-corrected chi connectivity index (χ1v) is 10.3. The van der Waals surface area contributed by atoms with E-state index in [1.165, 1.54) is 42.2 Å². The molecule has 2 heterocycles. The second kappa shape index (κ2) is 7.75. The van der Waals surface area contributed by atoms with Gasteiger partial charge in [-0.3, -0.25) is 0 Å². The first-order valence-electron chi connectivity index (χ1n) is 10.3. The van der Waals surface area contributed by atoms with Gasteiger partial charge in [0.05, 0.1) is 11.9 Å². The van der Waals surface area contributed by atoms with Crippen molar-refractivity contribution < 1.29 is 9.15 Å².